The van der Waals surface area contributed by atoms with Gasteiger partial charge < -0.3 is 16.0 Å². The molecule has 2 unspecified atom stereocenters. The molecule has 0 saturated carbocycles. The van der Waals surface area contributed by atoms with Crippen LogP contribution in [-0.4, -0.2) is 35.2 Å². The maximum absolute atomic E-state index is 10.3. The highest BCUT2D eigenvalue weighted by atomic mass is 35.5. The Kier molecular flexibility index (Phi) is 2.95. The number of hydrazone groups is 2. The monoisotopic (exact) mass is 278 g/mol. The van der Waals surface area contributed by atoms with E-state index in [2.05, 4.69) is 21.1 Å². The molecule has 0 radical (unpaired) electrons. The summed E-state index contributed by atoms with van der Waals surface area (Å²) in [7, 11) is 0. The number of rotatable bonds is 2. The fourth-order valence-corrected chi connectivity index (χ4v) is 2.52. The van der Waals surface area contributed by atoms with E-state index in [-0.39, 0.29) is 5.92 Å². The fourth-order valence-electron chi connectivity index (χ4n) is 2.40. The first kappa shape index (κ1) is 12.4. The van der Waals surface area contributed by atoms with Gasteiger partial charge in [0, 0.05) is 17.5 Å². The minimum atomic E-state index is -0.977. The van der Waals surface area contributed by atoms with Gasteiger partial charge in [0.15, 0.2) is 0 Å². The van der Waals surface area contributed by atoms with Crippen molar-refractivity contribution in [2.45, 2.75) is 18.4 Å². The van der Waals surface area contributed by atoms with Crippen LogP contribution >= 0.6 is 11.6 Å². The summed E-state index contributed by atoms with van der Waals surface area (Å²) in [6, 6.07) is 7.68. The van der Waals surface area contributed by atoms with Gasteiger partial charge in [0.1, 0.15) is 11.3 Å². The van der Waals surface area contributed by atoms with Crippen molar-refractivity contribution in [3.63, 3.8) is 0 Å². The normalized spacial score (nSPS) is 29.5. The lowest BCUT2D eigenvalue weighted by Crippen LogP contribution is -2.42. The average Bonchev–Trinajstić information content (AvgIpc) is 2.95. The molecule has 3 N–H and O–H groups in total. The van der Waals surface area contributed by atoms with Crippen molar-refractivity contribution in [1.29, 1.82) is 0 Å². The van der Waals surface area contributed by atoms with Crippen molar-refractivity contribution in [1.82, 2.24) is 10.9 Å². The fraction of sp³-hybridized carbons (Fsp3) is 0.385. The Bertz CT molecular complexity index is 550. The Labute approximate surface area is 116 Å². The molecule has 0 spiro atoms. The number of β-amino-alcohol motifs (C(OH)–C–C–N with tert-alkyl or cyclic N) is 1. The molecule has 2 atom stereocenters. The van der Waals surface area contributed by atoms with E-state index in [0.717, 1.165) is 11.3 Å². The Hall–Kier alpha value is -1.59. The molecule has 0 aliphatic carbocycles. The van der Waals surface area contributed by atoms with Crippen LogP contribution in [0.2, 0.25) is 5.02 Å². The van der Waals surface area contributed by atoms with Crippen LogP contribution in [0.25, 0.3) is 0 Å². The van der Waals surface area contributed by atoms with Crippen LogP contribution < -0.4 is 10.9 Å². The summed E-state index contributed by atoms with van der Waals surface area (Å²) in [5.74, 6) is 0.0855. The van der Waals surface area contributed by atoms with Gasteiger partial charge in [0.25, 0.3) is 0 Å². The third kappa shape index (κ3) is 2.19. The van der Waals surface area contributed by atoms with Crippen molar-refractivity contribution >= 4 is 23.0 Å². The third-order valence-electron chi connectivity index (χ3n) is 3.46. The summed E-state index contributed by atoms with van der Waals surface area (Å²) >= 11 is 5.91. The van der Waals surface area contributed by atoms with E-state index in [1.54, 1.807) is 6.92 Å². The van der Waals surface area contributed by atoms with E-state index in [4.69, 9.17) is 11.6 Å². The summed E-state index contributed by atoms with van der Waals surface area (Å²) in [4.78, 5) is 0. The second-order valence-electron chi connectivity index (χ2n) is 5.03. The lowest BCUT2D eigenvalue weighted by Gasteiger charge is -2.20. The molecule has 3 rings (SSSR count). The largest absolute Gasteiger partial charge is 0.382 e. The van der Waals surface area contributed by atoms with Crippen molar-refractivity contribution in [3.05, 3.63) is 34.9 Å². The zero-order valence-corrected chi connectivity index (χ0v) is 11.3. The second-order valence-corrected chi connectivity index (χ2v) is 5.47. The molecule has 5 nitrogen and oxygen atoms in total. The molecule has 0 amide bonds. The van der Waals surface area contributed by atoms with Gasteiger partial charge in [-0.2, -0.15) is 10.2 Å². The summed E-state index contributed by atoms with van der Waals surface area (Å²) in [6.07, 6.45) is 0. The lowest BCUT2D eigenvalue weighted by atomic mass is 9.86. The van der Waals surface area contributed by atoms with Gasteiger partial charge >= 0.3 is 0 Å². The van der Waals surface area contributed by atoms with Gasteiger partial charge in [-0.1, -0.05) is 23.7 Å². The molecule has 2 aliphatic heterocycles. The standard InChI is InChI=1S/C13H15ClN4O/c1-13(19)7-16-18-12(13)11-10(6-15-17-11)8-2-4-9(14)5-3-8/h2-5,10,15-16,19H,6-7H2,1H3. The minimum Gasteiger partial charge on any atom is -0.382 e. The van der Waals surface area contributed by atoms with E-state index in [9.17, 15) is 5.11 Å². The molecule has 19 heavy (non-hydrogen) atoms. The molecule has 0 fully saturated rings. The minimum absolute atomic E-state index is 0.0855. The lowest BCUT2D eigenvalue weighted by molar-refractivity contribution is 0.145. The number of benzene rings is 1. The van der Waals surface area contributed by atoms with E-state index >= 15 is 0 Å². The third-order valence-corrected chi connectivity index (χ3v) is 3.72. The topological polar surface area (TPSA) is 69.0 Å². The van der Waals surface area contributed by atoms with E-state index in [1.807, 2.05) is 24.3 Å². The van der Waals surface area contributed by atoms with Crippen LogP contribution in [-0.2, 0) is 0 Å². The quantitative estimate of drug-likeness (QED) is 0.759. The molecule has 100 valence electrons. The SMILES string of the molecule is CC1(O)CNN=C1C1=NNCC1c1ccc(Cl)cc1. The molecule has 1 aromatic carbocycles. The zero-order chi connectivity index (χ0) is 13.5. The highest BCUT2D eigenvalue weighted by Gasteiger charge is 2.40. The average molecular weight is 279 g/mol. The van der Waals surface area contributed by atoms with Gasteiger partial charge in [-0.05, 0) is 24.6 Å². The predicted molar refractivity (Wildman–Crippen MR) is 75.7 cm³/mol. The summed E-state index contributed by atoms with van der Waals surface area (Å²) in [5, 5.41) is 19.5. The Morgan fingerprint density at radius 1 is 1.26 bits per heavy atom. The predicted octanol–water partition coefficient (Wildman–Crippen LogP) is 1.09. The number of nitrogens with one attached hydrogen (secondary N) is 2. The van der Waals surface area contributed by atoms with Gasteiger partial charge in [-0.25, -0.2) is 0 Å². The molecule has 2 aliphatic rings. The zero-order valence-electron chi connectivity index (χ0n) is 10.5. The number of aliphatic hydroxyl groups is 1. The second kappa shape index (κ2) is 4.51. The number of halogens is 1. The molecule has 6 heteroatoms. The summed E-state index contributed by atoms with van der Waals surface area (Å²) in [6.45, 7) is 2.85. The van der Waals surface area contributed by atoms with Crippen molar-refractivity contribution in [2.75, 3.05) is 13.1 Å². The molecular weight excluding hydrogens is 264 g/mol. The highest BCUT2D eigenvalue weighted by molar-refractivity contribution is 6.47. The van der Waals surface area contributed by atoms with Gasteiger partial charge in [-0.15, -0.1) is 0 Å². The summed E-state index contributed by atoms with van der Waals surface area (Å²) < 4.78 is 0. The van der Waals surface area contributed by atoms with Crippen LogP contribution in [0.1, 0.15) is 18.4 Å². The Morgan fingerprint density at radius 3 is 2.63 bits per heavy atom. The number of hydrogen-bond acceptors (Lipinski definition) is 5. The van der Waals surface area contributed by atoms with Crippen molar-refractivity contribution in [2.24, 2.45) is 10.2 Å². The molecule has 1 aromatic rings. The highest BCUT2D eigenvalue weighted by Crippen LogP contribution is 2.26. The molecule has 0 saturated heterocycles. The Morgan fingerprint density at radius 2 is 2.00 bits per heavy atom. The first-order valence-electron chi connectivity index (χ1n) is 6.17. The van der Waals surface area contributed by atoms with Gasteiger partial charge in [0.2, 0.25) is 0 Å². The first-order valence-corrected chi connectivity index (χ1v) is 6.55. The maximum atomic E-state index is 10.3. The molecule has 0 bridgehead atoms. The molecule has 0 aromatic heterocycles. The van der Waals surface area contributed by atoms with Crippen LogP contribution in [0.5, 0.6) is 0 Å². The van der Waals surface area contributed by atoms with Gasteiger partial charge in [0.05, 0.1) is 12.3 Å². The van der Waals surface area contributed by atoms with Crippen LogP contribution in [0, 0.1) is 0 Å². The van der Waals surface area contributed by atoms with E-state index in [0.29, 0.717) is 23.8 Å². The van der Waals surface area contributed by atoms with Crippen molar-refractivity contribution < 1.29 is 5.11 Å². The number of nitrogens with zero attached hydrogens (tertiary/aromatic N) is 2. The van der Waals surface area contributed by atoms with Crippen LogP contribution in [0.4, 0.5) is 0 Å². The maximum Gasteiger partial charge on any atom is 0.126 e. The smallest absolute Gasteiger partial charge is 0.126 e. The van der Waals surface area contributed by atoms with Gasteiger partial charge in [-0.3, -0.25) is 0 Å². The molecule has 2 heterocycles. The van der Waals surface area contributed by atoms with E-state index < -0.39 is 5.60 Å². The molecular formula is C13H15ClN4O. The first-order chi connectivity index (χ1) is 9.08. The Balaban J connectivity index is 1.92. The number of hydrogen-bond donors (Lipinski definition) is 3. The van der Waals surface area contributed by atoms with Crippen LogP contribution in [0.3, 0.4) is 0 Å². The van der Waals surface area contributed by atoms with E-state index in [1.165, 1.54) is 0 Å². The van der Waals surface area contributed by atoms with Crippen LogP contribution in [0.15, 0.2) is 34.5 Å². The van der Waals surface area contributed by atoms with Crippen molar-refractivity contribution in [3.8, 4) is 0 Å². The summed E-state index contributed by atoms with van der Waals surface area (Å²) in [5.41, 5.74) is 7.35.